The van der Waals surface area contributed by atoms with Gasteiger partial charge >= 0.3 is 5.97 Å². The molecule has 2 rings (SSSR count). The molecule has 0 bridgehead atoms. The fraction of sp³-hybridized carbons (Fsp3) is 0.444. The number of aliphatic carboxylic acids is 1. The second-order valence-electron chi connectivity index (χ2n) is 5.75. The first-order valence-electron chi connectivity index (χ1n) is 7.72. The van der Waals surface area contributed by atoms with Crippen LogP contribution in [-0.4, -0.2) is 16.1 Å². The first-order valence-corrected chi connectivity index (χ1v) is 7.72. The summed E-state index contributed by atoms with van der Waals surface area (Å²) in [5.41, 5.74) is 3.68. The summed E-state index contributed by atoms with van der Waals surface area (Å²) in [5.74, 6) is -1.80. The number of pyridine rings is 1. The number of benzene rings is 1. The van der Waals surface area contributed by atoms with Crippen LogP contribution in [0.25, 0.3) is 10.9 Å². The van der Waals surface area contributed by atoms with Gasteiger partial charge in [0.25, 0.3) is 0 Å². The molecule has 1 unspecified atom stereocenters. The molecule has 4 heteroatoms. The summed E-state index contributed by atoms with van der Waals surface area (Å²) in [5, 5.41) is 10.2. The minimum Gasteiger partial charge on any atom is -0.481 e. The number of fused-ring (bicyclic) bond motifs is 1. The number of rotatable bonds is 5. The van der Waals surface area contributed by atoms with Gasteiger partial charge in [0.1, 0.15) is 5.82 Å². The summed E-state index contributed by atoms with van der Waals surface area (Å²) >= 11 is 0. The van der Waals surface area contributed by atoms with E-state index in [1.54, 1.807) is 13.0 Å². The van der Waals surface area contributed by atoms with Crippen molar-refractivity contribution in [2.24, 2.45) is 0 Å². The van der Waals surface area contributed by atoms with Gasteiger partial charge in [-0.3, -0.25) is 9.78 Å². The van der Waals surface area contributed by atoms with Crippen molar-refractivity contribution in [3.63, 3.8) is 0 Å². The van der Waals surface area contributed by atoms with Crippen molar-refractivity contribution in [3.8, 4) is 0 Å². The third kappa shape index (κ3) is 2.82. The summed E-state index contributed by atoms with van der Waals surface area (Å²) in [6.07, 6.45) is 2.02. The molecule has 1 heterocycles. The van der Waals surface area contributed by atoms with E-state index in [-0.39, 0.29) is 5.82 Å². The molecule has 1 N–H and O–H groups in total. The number of carboxylic acid groups (broad SMARTS) is 1. The van der Waals surface area contributed by atoms with Crippen molar-refractivity contribution in [1.29, 1.82) is 0 Å². The van der Waals surface area contributed by atoms with Crippen LogP contribution in [-0.2, 0) is 11.2 Å². The molecule has 0 aliphatic carbocycles. The van der Waals surface area contributed by atoms with Crippen molar-refractivity contribution in [2.45, 2.75) is 52.9 Å². The first-order chi connectivity index (χ1) is 10.4. The van der Waals surface area contributed by atoms with Gasteiger partial charge in [0.2, 0.25) is 0 Å². The largest absolute Gasteiger partial charge is 0.481 e. The van der Waals surface area contributed by atoms with Crippen LogP contribution in [0.2, 0.25) is 0 Å². The van der Waals surface area contributed by atoms with Crippen LogP contribution < -0.4 is 0 Å². The minimum atomic E-state index is -0.861. The third-order valence-electron chi connectivity index (χ3n) is 4.22. The predicted molar refractivity (Wildman–Crippen MR) is 85.8 cm³/mol. The highest BCUT2D eigenvalue weighted by Gasteiger charge is 2.25. The van der Waals surface area contributed by atoms with Crippen molar-refractivity contribution < 1.29 is 14.3 Å². The van der Waals surface area contributed by atoms with Crippen LogP contribution in [0.15, 0.2) is 12.1 Å². The Morgan fingerprint density at radius 1 is 1.32 bits per heavy atom. The Morgan fingerprint density at radius 2 is 2.00 bits per heavy atom. The lowest BCUT2D eigenvalue weighted by Crippen LogP contribution is -2.15. The summed E-state index contributed by atoms with van der Waals surface area (Å²) in [6.45, 7) is 7.54. The molecular formula is C18H22FNO2. The lowest BCUT2D eigenvalue weighted by Gasteiger charge is -2.20. The van der Waals surface area contributed by atoms with Gasteiger partial charge in [-0.25, -0.2) is 4.39 Å². The van der Waals surface area contributed by atoms with E-state index < -0.39 is 11.9 Å². The van der Waals surface area contributed by atoms with Gasteiger partial charge in [0, 0.05) is 11.1 Å². The molecule has 1 aromatic carbocycles. The maximum Gasteiger partial charge on any atom is 0.311 e. The van der Waals surface area contributed by atoms with Crippen molar-refractivity contribution in [2.75, 3.05) is 0 Å². The Bertz CT molecular complexity index is 725. The van der Waals surface area contributed by atoms with E-state index in [1.165, 1.54) is 6.07 Å². The monoisotopic (exact) mass is 303 g/mol. The molecule has 0 amide bonds. The second kappa shape index (κ2) is 6.42. The zero-order valence-electron chi connectivity index (χ0n) is 13.5. The molecule has 0 saturated heterocycles. The van der Waals surface area contributed by atoms with Crippen LogP contribution >= 0.6 is 0 Å². The quantitative estimate of drug-likeness (QED) is 0.883. The van der Waals surface area contributed by atoms with Gasteiger partial charge in [-0.2, -0.15) is 0 Å². The number of halogens is 1. The topological polar surface area (TPSA) is 50.2 Å². The zero-order valence-corrected chi connectivity index (χ0v) is 13.5. The molecule has 118 valence electrons. The van der Waals surface area contributed by atoms with E-state index in [1.807, 2.05) is 20.8 Å². The molecule has 0 saturated carbocycles. The summed E-state index contributed by atoms with van der Waals surface area (Å²) in [4.78, 5) is 16.3. The zero-order chi connectivity index (χ0) is 16.4. The van der Waals surface area contributed by atoms with Crippen LogP contribution in [0, 0.1) is 19.7 Å². The Hall–Kier alpha value is -1.97. The Labute approximate surface area is 130 Å². The van der Waals surface area contributed by atoms with E-state index >= 15 is 0 Å². The fourth-order valence-corrected chi connectivity index (χ4v) is 3.03. The number of hydrogen-bond donors (Lipinski definition) is 1. The number of hydrogen-bond acceptors (Lipinski definition) is 2. The number of carbonyl (C=O) groups is 1. The summed E-state index contributed by atoms with van der Waals surface area (Å²) < 4.78 is 14.0. The van der Waals surface area contributed by atoms with Gasteiger partial charge in [-0.1, -0.05) is 20.3 Å². The highest BCUT2D eigenvalue weighted by atomic mass is 19.1. The highest BCUT2D eigenvalue weighted by molar-refractivity contribution is 5.90. The SMILES string of the molecule is CCCC(C(=O)O)c1c(C)c(CC)nc2cc(C)c(F)cc12. The Balaban J connectivity index is 2.86. The Kier molecular flexibility index (Phi) is 4.79. The number of carboxylic acids is 1. The normalized spacial score (nSPS) is 12.6. The second-order valence-corrected chi connectivity index (χ2v) is 5.75. The first kappa shape index (κ1) is 16.4. The minimum absolute atomic E-state index is 0.320. The number of nitrogens with zero attached hydrogens (tertiary/aromatic N) is 1. The summed E-state index contributed by atoms with van der Waals surface area (Å²) in [6, 6.07) is 3.14. The highest BCUT2D eigenvalue weighted by Crippen LogP contribution is 2.34. The van der Waals surface area contributed by atoms with E-state index in [9.17, 15) is 14.3 Å². The maximum absolute atomic E-state index is 14.0. The molecule has 0 aliphatic heterocycles. The maximum atomic E-state index is 14.0. The van der Waals surface area contributed by atoms with Crippen molar-refractivity contribution >= 4 is 16.9 Å². The predicted octanol–water partition coefficient (Wildman–Crippen LogP) is 4.52. The average Bonchev–Trinajstić information content (AvgIpc) is 2.47. The molecule has 0 fully saturated rings. The third-order valence-corrected chi connectivity index (χ3v) is 4.22. The standard InChI is InChI=1S/C18H22FNO2/c1-5-7-12(18(21)22)17-11(4)15(6-2)20-16-8-10(3)14(19)9-13(16)17/h8-9,12H,5-7H2,1-4H3,(H,21,22). The van der Waals surface area contributed by atoms with Crippen LogP contribution in [0.5, 0.6) is 0 Å². The summed E-state index contributed by atoms with van der Waals surface area (Å²) in [7, 11) is 0. The number of aryl methyl sites for hydroxylation is 2. The van der Waals surface area contributed by atoms with Crippen molar-refractivity contribution in [3.05, 3.63) is 40.3 Å². The van der Waals surface area contributed by atoms with Gasteiger partial charge in [-0.05, 0) is 55.5 Å². The van der Waals surface area contributed by atoms with Crippen LogP contribution in [0.4, 0.5) is 4.39 Å². The van der Waals surface area contributed by atoms with E-state index in [0.717, 1.165) is 29.7 Å². The van der Waals surface area contributed by atoms with E-state index in [4.69, 9.17) is 0 Å². The van der Waals surface area contributed by atoms with Gasteiger partial charge in [0.05, 0.1) is 11.4 Å². The van der Waals surface area contributed by atoms with Crippen LogP contribution in [0.1, 0.15) is 55.0 Å². The smallest absolute Gasteiger partial charge is 0.311 e. The molecule has 22 heavy (non-hydrogen) atoms. The lowest BCUT2D eigenvalue weighted by atomic mass is 9.87. The lowest BCUT2D eigenvalue weighted by molar-refractivity contribution is -0.139. The molecule has 0 aliphatic rings. The van der Waals surface area contributed by atoms with E-state index in [2.05, 4.69) is 4.98 Å². The Morgan fingerprint density at radius 3 is 2.55 bits per heavy atom. The van der Waals surface area contributed by atoms with Crippen molar-refractivity contribution in [1.82, 2.24) is 4.98 Å². The molecule has 0 spiro atoms. The van der Waals surface area contributed by atoms with Gasteiger partial charge in [-0.15, -0.1) is 0 Å². The van der Waals surface area contributed by atoms with Gasteiger partial charge < -0.3 is 5.11 Å². The molecule has 2 aromatic rings. The number of aromatic nitrogens is 1. The molecule has 3 nitrogen and oxygen atoms in total. The molecule has 1 atom stereocenters. The average molecular weight is 303 g/mol. The molecule has 1 aromatic heterocycles. The van der Waals surface area contributed by atoms with Crippen LogP contribution in [0.3, 0.4) is 0 Å². The van der Waals surface area contributed by atoms with Gasteiger partial charge in [0.15, 0.2) is 0 Å². The van der Waals surface area contributed by atoms with E-state index in [0.29, 0.717) is 22.9 Å². The fourth-order valence-electron chi connectivity index (χ4n) is 3.03. The molecular weight excluding hydrogens is 281 g/mol. The molecule has 0 radical (unpaired) electrons.